The average molecular weight is 362 g/mol. The number of benzene rings is 2. The highest BCUT2D eigenvalue weighted by molar-refractivity contribution is 7.13. The molecule has 0 saturated carbocycles. The number of thiazole rings is 1. The van der Waals surface area contributed by atoms with Gasteiger partial charge in [-0.1, -0.05) is 42.0 Å². The van der Waals surface area contributed by atoms with Gasteiger partial charge in [0.05, 0.1) is 12.8 Å². The molecule has 0 fully saturated rings. The van der Waals surface area contributed by atoms with Crippen LogP contribution >= 0.6 is 11.3 Å². The molecule has 0 unspecified atom stereocenters. The van der Waals surface area contributed by atoms with Gasteiger partial charge in [-0.15, -0.1) is 11.3 Å². The Labute approximate surface area is 155 Å². The lowest BCUT2D eigenvalue weighted by Gasteiger charge is -2.05. The summed E-state index contributed by atoms with van der Waals surface area (Å²) in [7, 11) is 1.40. The van der Waals surface area contributed by atoms with E-state index in [1.54, 1.807) is 11.3 Å². The quantitative estimate of drug-likeness (QED) is 0.484. The van der Waals surface area contributed by atoms with Gasteiger partial charge in [0.15, 0.2) is 0 Å². The number of methoxy groups -OCH3 is 1. The zero-order chi connectivity index (χ0) is 18.1. The molecule has 0 N–H and O–H groups in total. The molecule has 0 saturated heterocycles. The second-order valence-electron chi connectivity index (χ2n) is 6.20. The van der Waals surface area contributed by atoms with Gasteiger partial charge in [0.1, 0.15) is 11.6 Å². The Morgan fingerprint density at radius 3 is 2.65 bits per heavy atom. The summed E-state index contributed by atoms with van der Waals surface area (Å²) >= 11 is 1.64. The van der Waals surface area contributed by atoms with Crippen molar-refractivity contribution >= 4 is 28.2 Å². The highest BCUT2D eigenvalue weighted by Crippen LogP contribution is 2.31. The summed E-state index contributed by atoms with van der Waals surface area (Å²) in [5.41, 5.74) is 5.34. The maximum Gasteiger partial charge on any atom is 0.325 e. The molecule has 5 heteroatoms. The molecule has 0 spiro atoms. The molecule has 2 heterocycles. The van der Waals surface area contributed by atoms with Crippen LogP contribution in [0.3, 0.4) is 0 Å². The Bertz CT molecular complexity index is 1080. The van der Waals surface area contributed by atoms with E-state index in [-0.39, 0.29) is 12.5 Å². The van der Waals surface area contributed by atoms with Crippen LogP contribution in [0.25, 0.3) is 32.7 Å². The molecule has 0 atom stereocenters. The number of carbonyl (C=O) groups is 1. The lowest BCUT2D eigenvalue weighted by molar-refractivity contribution is -0.141. The van der Waals surface area contributed by atoms with Gasteiger partial charge in [0.2, 0.25) is 0 Å². The van der Waals surface area contributed by atoms with E-state index in [0.717, 1.165) is 32.7 Å². The van der Waals surface area contributed by atoms with Crippen molar-refractivity contribution in [2.75, 3.05) is 7.11 Å². The number of carbonyl (C=O) groups excluding carboxylic acids is 1. The number of fused-ring (bicyclic) bond motifs is 1. The molecular weight excluding hydrogens is 344 g/mol. The number of nitrogens with zero attached hydrogens (tertiary/aromatic N) is 2. The van der Waals surface area contributed by atoms with E-state index in [2.05, 4.69) is 54.8 Å². The lowest BCUT2D eigenvalue weighted by Crippen LogP contribution is -2.10. The van der Waals surface area contributed by atoms with Crippen molar-refractivity contribution < 1.29 is 9.53 Å². The average Bonchev–Trinajstić information content (AvgIpc) is 3.29. The Balaban J connectivity index is 1.69. The van der Waals surface area contributed by atoms with E-state index in [0.29, 0.717) is 0 Å². The van der Waals surface area contributed by atoms with Crippen molar-refractivity contribution in [3.8, 4) is 21.8 Å². The Hall–Kier alpha value is -2.92. The summed E-state index contributed by atoms with van der Waals surface area (Å²) in [6, 6.07) is 16.6. The van der Waals surface area contributed by atoms with Crippen LogP contribution in [0, 0.1) is 6.92 Å². The van der Waals surface area contributed by atoms with Crippen molar-refractivity contribution in [2.45, 2.75) is 13.5 Å². The fourth-order valence-corrected chi connectivity index (χ4v) is 3.76. The highest BCUT2D eigenvalue weighted by Gasteiger charge is 2.10. The first-order chi connectivity index (χ1) is 12.6. The zero-order valence-electron chi connectivity index (χ0n) is 14.6. The van der Waals surface area contributed by atoms with E-state index in [1.165, 1.54) is 12.7 Å². The number of aryl methyl sites for hydroxylation is 1. The van der Waals surface area contributed by atoms with Crippen molar-refractivity contribution in [3.05, 3.63) is 65.7 Å². The van der Waals surface area contributed by atoms with Gasteiger partial charge in [-0.05, 0) is 24.4 Å². The molecule has 2 aromatic heterocycles. The SMILES string of the molecule is COC(=O)Cn1ccc2ccc(-c3csc(-c4ccc(C)cc4)n3)cc21. The second kappa shape index (κ2) is 6.77. The fraction of sp³-hybridized carbons (Fsp3) is 0.143. The van der Waals surface area contributed by atoms with Gasteiger partial charge in [-0.25, -0.2) is 4.98 Å². The van der Waals surface area contributed by atoms with Gasteiger partial charge in [-0.3, -0.25) is 4.79 Å². The Morgan fingerprint density at radius 1 is 1.12 bits per heavy atom. The molecule has 130 valence electrons. The predicted molar refractivity (Wildman–Crippen MR) is 105 cm³/mol. The number of esters is 1. The van der Waals surface area contributed by atoms with Gasteiger partial charge < -0.3 is 9.30 Å². The zero-order valence-corrected chi connectivity index (χ0v) is 15.4. The maximum atomic E-state index is 11.6. The standard InChI is InChI=1S/C21H18N2O2S/c1-14-3-5-16(6-4-14)21-22-18(13-26-21)17-8-7-15-9-10-23(19(15)11-17)12-20(24)25-2/h3-11,13H,12H2,1-2H3. The predicted octanol–water partition coefficient (Wildman–Crippen LogP) is 4.91. The van der Waals surface area contributed by atoms with Crippen molar-refractivity contribution in [1.29, 1.82) is 0 Å². The van der Waals surface area contributed by atoms with Crippen LogP contribution < -0.4 is 0 Å². The molecule has 4 nitrogen and oxygen atoms in total. The highest BCUT2D eigenvalue weighted by atomic mass is 32.1. The first-order valence-corrected chi connectivity index (χ1v) is 9.20. The van der Waals surface area contributed by atoms with Gasteiger partial charge in [-0.2, -0.15) is 0 Å². The van der Waals surface area contributed by atoms with Crippen LogP contribution in [-0.4, -0.2) is 22.6 Å². The van der Waals surface area contributed by atoms with Crippen molar-refractivity contribution in [3.63, 3.8) is 0 Å². The maximum absolute atomic E-state index is 11.6. The molecule has 0 aliphatic heterocycles. The number of ether oxygens (including phenoxy) is 1. The van der Waals surface area contributed by atoms with Crippen molar-refractivity contribution in [2.24, 2.45) is 0 Å². The summed E-state index contributed by atoms with van der Waals surface area (Å²) in [5.74, 6) is -0.261. The third kappa shape index (κ3) is 3.13. The molecular formula is C21H18N2O2S. The normalized spacial score (nSPS) is 11.0. The minimum atomic E-state index is -0.261. The van der Waals surface area contributed by atoms with E-state index < -0.39 is 0 Å². The Morgan fingerprint density at radius 2 is 1.88 bits per heavy atom. The second-order valence-corrected chi connectivity index (χ2v) is 7.06. The third-order valence-corrected chi connectivity index (χ3v) is 5.29. The summed E-state index contributed by atoms with van der Waals surface area (Å²) < 4.78 is 6.68. The molecule has 4 aromatic rings. The molecule has 0 bridgehead atoms. The minimum Gasteiger partial charge on any atom is -0.468 e. The molecule has 0 radical (unpaired) electrons. The third-order valence-electron chi connectivity index (χ3n) is 4.40. The number of hydrogen-bond acceptors (Lipinski definition) is 4. The van der Waals surface area contributed by atoms with Crippen LogP contribution in [0.4, 0.5) is 0 Å². The summed E-state index contributed by atoms with van der Waals surface area (Å²) in [6.07, 6.45) is 1.91. The molecule has 0 aliphatic carbocycles. The fourth-order valence-electron chi connectivity index (χ4n) is 2.92. The van der Waals surface area contributed by atoms with E-state index in [9.17, 15) is 4.79 Å². The monoisotopic (exact) mass is 362 g/mol. The van der Waals surface area contributed by atoms with Crippen molar-refractivity contribution in [1.82, 2.24) is 9.55 Å². The number of aromatic nitrogens is 2. The molecule has 0 amide bonds. The summed E-state index contributed by atoms with van der Waals surface area (Å²) in [5, 5.41) is 4.17. The lowest BCUT2D eigenvalue weighted by atomic mass is 10.1. The molecule has 0 aliphatic rings. The van der Waals surface area contributed by atoms with Crippen LogP contribution in [0.1, 0.15) is 5.56 Å². The summed E-state index contributed by atoms with van der Waals surface area (Å²) in [6.45, 7) is 2.28. The van der Waals surface area contributed by atoms with Gasteiger partial charge in [0, 0.05) is 28.2 Å². The summed E-state index contributed by atoms with van der Waals surface area (Å²) in [4.78, 5) is 16.4. The van der Waals surface area contributed by atoms with E-state index in [1.807, 2.05) is 16.8 Å². The molecule has 4 rings (SSSR count). The largest absolute Gasteiger partial charge is 0.468 e. The molecule has 26 heavy (non-hydrogen) atoms. The minimum absolute atomic E-state index is 0.204. The van der Waals surface area contributed by atoms with Crippen LogP contribution in [0.15, 0.2) is 60.1 Å². The number of hydrogen-bond donors (Lipinski definition) is 0. The molecule has 2 aromatic carbocycles. The van der Waals surface area contributed by atoms with Crippen LogP contribution in [0.2, 0.25) is 0 Å². The van der Waals surface area contributed by atoms with E-state index >= 15 is 0 Å². The Kier molecular flexibility index (Phi) is 4.31. The topological polar surface area (TPSA) is 44.1 Å². The first kappa shape index (κ1) is 16.5. The van der Waals surface area contributed by atoms with E-state index in [4.69, 9.17) is 9.72 Å². The van der Waals surface area contributed by atoms with Gasteiger partial charge >= 0.3 is 5.97 Å². The number of rotatable bonds is 4. The first-order valence-electron chi connectivity index (χ1n) is 8.33. The van der Waals surface area contributed by atoms with Crippen LogP contribution in [0.5, 0.6) is 0 Å². The smallest absolute Gasteiger partial charge is 0.325 e. The van der Waals surface area contributed by atoms with Gasteiger partial charge in [0.25, 0.3) is 0 Å². The van der Waals surface area contributed by atoms with Crippen LogP contribution in [-0.2, 0) is 16.1 Å².